The summed E-state index contributed by atoms with van der Waals surface area (Å²) in [5.41, 5.74) is 11.8. The van der Waals surface area contributed by atoms with E-state index >= 15 is 0 Å². The zero-order valence-electron chi connectivity index (χ0n) is 22.1. The predicted octanol–water partition coefficient (Wildman–Crippen LogP) is 6.65. The second-order valence-corrected chi connectivity index (χ2v) is 10.6. The van der Waals surface area contributed by atoms with Crippen LogP contribution in [0.2, 0.25) is 0 Å². The lowest BCUT2D eigenvalue weighted by Gasteiger charge is -2.31. The number of carboxylic acids is 1. The van der Waals surface area contributed by atoms with Crippen molar-refractivity contribution in [2.75, 3.05) is 6.61 Å². The number of ether oxygens (including phenoxy) is 2. The lowest BCUT2D eigenvalue weighted by molar-refractivity contribution is -0.162. The summed E-state index contributed by atoms with van der Waals surface area (Å²) in [4.78, 5) is 17.5. The van der Waals surface area contributed by atoms with E-state index in [0.29, 0.717) is 18.6 Å². The minimum atomic E-state index is -1.15. The average Bonchev–Trinajstić information content (AvgIpc) is 2.87. The molecule has 3 N–H and O–H groups in total. The van der Waals surface area contributed by atoms with Crippen LogP contribution in [0.1, 0.15) is 68.5 Å². The van der Waals surface area contributed by atoms with E-state index in [-0.39, 0.29) is 6.04 Å². The van der Waals surface area contributed by atoms with Crippen LogP contribution in [0.3, 0.4) is 0 Å². The summed E-state index contributed by atoms with van der Waals surface area (Å²) in [7, 11) is 0. The molecular weight excluding hydrogens is 464 g/mol. The van der Waals surface area contributed by atoms with Gasteiger partial charge in [0, 0.05) is 35.2 Å². The summed E-state index contributed by atoms with van der Waals surface area (Å²) in [5.74, 6) is -0.208. The molecule has 0 saturated carbocycles. The van der Waals surface area contributed by atoms with Crippen molar-refractivity contribution in [3.05, 3.63) is 70.9 Å². The SMILES string of the molecule is CCC(C)(C)O[C@H](C(=O)O)c1c(C)cc2cc(C(C)N)ccc2c1-c1ccc2c3c(ccnc13)CCO2. The van der Waals surface area contributed by atoms with E-state index in [1.54, 1.807) is 0 Å². The third kappa shape index (κ3) is 4.45. The van der Waals surface area contributed by atoms with Gasteiger partial charge in [0.1, 0.15) is 5.75 Å². The van der Waals surface area contributed by atoms with E-state index in [4.69, 9.17) is 20.2 Å². The van der Waals surface area contributed by atoms with Crippen LogP contribution in [0.25, 0.3) is 32.8 Å². The van der Waals surface area contributed by atoms with E-state index in [2.05, 4.69) is 6.07 Å². The molecule has 1 aromatic heterocycles. The molecule has 1 unspecified atom stereocenters. The lowest BCUT2D eigenvalue weighted by Crippen LogP contribution is -2.30. The van der Waals surface area contributed by atoms with Crippen molar-refractivity contribution in [3.8, 4) is 16.9 Å². The first-order valence-corrected chi connectivity index (χ1v) is 12.9. The zero-order chi connectivity index (χ0) is 26.5. The van der Waals surface area contributed by atoms with Gasteiger partial charge < -0.3 is 20.3 Å². The number of carboxylic acid groups (broad SMARTS) is 1. The summed E-state index contributed by atoms with van der Waals surface area (Å²) in [6.07, 6.45) is 2.16. The molecule has 0 fully saturated rings. The second-order valence-electron chi connectivity index (χ2n) is 10.6. The number of fused-ring (bicyclic) bond motifs is 1. The number of benzene rings is 3. The number of pyridine rings is 1. The van der Waals surface area contributed by atoms with Gasteiger partial charge in [0.25, 0.3) is 0 Å². The van der Waals surface area contributed by atoms with Crippen molar-refractivity contribution in [3.63, 3.8) is 0 Å². The third-order valence-electron chi connectivity index (χ3n) is 7.55. The van der Waals surface area contributed by atoms with E-state index < -0.39 is 17.7 Å². The Morgan fingerprint density at radius 3 is 2.70 bits per heavy atom. The zero-order valence-corrected chi connectivity index (χ0v) is 22.1. The maximum atomic E-state index is 12.8. The highest BCUT2D eigenvalue weighted by Crippen LogP contribution is 2.45. The molecule has 192 valence electrons. The average molecular weight is 499 g/mol. The molecule has 6 heteroatoms. The number of carbonyl (C=O) groups is 1. The summed E-state index contributed by atoms with van der Waals surface area (Å²) in [6, 6.07) is 14.1. The van der Waals surface area contributed by atoms with Crippen molar-refractivity contribution in [2.24, 2.45) is 5.73 Å². The Balaban J connectivity index is 1.89. The number of rotatable bonds is 7. The van der Waals surface area contributed by atoms with Crippen LogP contribution < -0.4 is 10.5 Å². The molecule has 1 aliphatic heterocycles. The minimum Gasteiger partial charge on any atom is -0.493 e. The molecule has 0 aliphatic carbocycles. The van der Waals surface area contributed by atoms with Gasteiger partial charge in [-0.2, -0.15) is 0 Å². The van der Waals surface area contributed by atoms with Gasteiger partial charge in [-0.05, 0) is 91.4 Å². The first kappa shape index (κ1) is 25.2. The Kier molecular flexibility index (Phi) is 6.42. The summed E-state index contributed by atoms with van der Waals surface area (Å²) in [6.45, 7) is 10.4. The normalized spacial score (nSPS) is 15.0. The van der Waals surface area contributed by atoms with Gasteiger partial charge in [-0.3, -0.25) is 4.98 Å². The molecule has 0 spiro atoms. The number of hydrogen-bond donors (Lipinski definition) is 2. The number of nitrogens with zero attached hydrogens (tertiary/aromatic N) is 1. The Labute approximate surface area is 217 Å². The molecule has 2 heterocycles. The van der Waals surface area contributed by atoms with Crippen LogP contribution in [-0.4, -0.2) is 28.3 Å². The predicted molar refractivity (Wildman–Crippen MR) is 147 cm³/mol. The Morgan fingerprint density at radius 1 is 1.22 bits per heavy atom. The first-order chi connectivity index (χ1) is 17.6. The van der Waals surface area contributed by atoms with Gasteiger partial charge >= 0.3 is 5.97 Å². The summed E-state index contributed by atoms with van der Waals surface area (Å²) >= 11 is 0. The molecule has 0 bridgehead atoms. The molecule has 0 amide bonds. The lowest BCUT2D eigenvalue weighted by atomic mass is 9.85. The molecule has 2 atom stereocenters. The molecule has 5 rings (SSSR count). The van der Waals surface area contributed by atoms with E-state index in [1.807, 2.05) is 77.2 Å². The molecule has 6 nitrogen and oxygen atoms in total. The van der Waals surface area contributed by atoms with Crippen molar-refractivity contribution in [1.82, 2.24) is 4.98 Å². The summed E-state index contributed by atoms with van der Waals surface area (Å²) in [5, 5.41) is 13.4. The fourth-order valence-electron chi connectivity index (χ4n) is 5.23. The quantitative estimate of drug-likeness (QED) is 0.296. The second kappa shape index (κ2) is 9.43. The van der Waals surface area contributed by atoms with E-state index in [9.17, 15) is 9.90 Å². The minimum absolute atomic E-state index is 0.118. The van der Waals surface area contributed by atoms with Crippen molar-refractivity contribution < 1.29 is 19.4 Å². The number of hydrogen-bond acceptors (Lipinski definition) is 5. The maximum absolute atomic E-state index is 12.8. The van der Waals surface area contributed by atoms with Crippen LogP contribution in [0, 0.1) is 6.92 Å². The maximum Gasteiger partial charge on any atom is 0.337 e. The molecule has 1 aliphatic rings. The largest absolute Gasteiger partial charge is 0.493 e. The number of aromatic nitrogens is 1. The van der Waals surface area contributed by atoms with Crippen LogP contribution in [0.15, 0.2) is 48.7 Å². The summed E-state index contributed by atoms with van der Waals surface area (Å²) < 4.78 is 12.3. The van der Waals surface area contributed by atoms with Crippen LogP contribution >= 0.6 is 0 Å². The Morgan fingerprint density at radius 2 is 2.00 bits per heavy atom. The van der Waals surface area contributed by atoms with Gasteiger partial charge in [-0.15, -0.1) is 0 Å². The number of aliphatic carboxylic acids is 1. The number of aryl methyl sites for hydroxylation is 1. The topological polar surface area (TPSA) is 94.7 Å². The smallest absolute Gasteiger partial charge is 0.337 e. The van der Waals surface area contributed by atoms with Gasteiger partial charge in [0.05, 0.1) is 17.7 Å². The highest BCUT2D eigenvalue weighted by atomic mass is 16.5. The van der Waals surface area contributed by atoms with Gasteiger partial charge in [-0.25, -0.2) is 4.79 Å². The Hall–Kier alpha value is -3.48. The molecule has 4 aromatic rings. The third-order valence-corrected chi connectivity index (χ3v) is 7.55. The van der Waals surface area contributed by atoms with Crippen molar-refractivity contribution in [1.29, 1.82) is 0 Å². The molecule has 37 heavy (non-hydrogen) atoms. The van der Waals surface area contributed by atoms with Crippen LogP contribution in [0.5, 0.6) is 5.75 Å². The molecule has 3 aromatic carbocycles. The van der Waals surface area contributed by atoms with Crippen LogP contribution in [0.4, 0.5) is 0 Å². The van der Waals surface area contributed by atoms with Crippen molar-refractivity contribution >= 4 is 27.6 Å². The fourth-order valence-corrected chi connectivity index (χ4v) is 5.23. The first-order valence-electron chi connectivity index (χ1n) is 12.9. The fraction of sp³-hybridized carbons (Fsp3) is 0.355. The Bertz CT molecular complexity index is 1510. The van der Waals surface area contributed by atoms with Gasteiger partial charge in [-0.1, -0.05) is 25.1 Å². The van der Waals surface area contributed by atoms with E-state index in [1.165, 1.54) is 5.56 Å². The number of nitrogens with two attached hydrogens (primary N) is 1. The van der Waals surface area contributed by atoms with Crippen molar-refractivity contribution in [2.45, 2.75) is 65.2 Å². The highest BCUT2D eigenvalue weighted by Gasteiger charge is 2.33. The molecule has 0 radical (unpaired) electrons. The molecule has 0 saturated heterocycles. The van der Waals surface area contributed by atoms with Gasteiger partial charge in [0.2, 0.25) is 0 Å². The monoisotopic (exact) mass is 498 g/mol. The standard InChI is InChI=1S/C31H34N2O4/c1-6-31(4,5)37-29(30(34)35)25-17(2)15-21-16-20(18(3)32)7-8-22(21)27(25)23-9-10-24-26-19(12-14-36-24)11-13-33-28(23)26/h7-11,13,15-16,18,29H,6,12,14,32H2,1-5H3,(H,34,35)/t18?,29-/m0/s1. The van der Waals surface area contributed by atoms with Gasteiger partial charge in [0.15, 0.2) is 6.10 Å². The highest BCUT2D eigenvalue weighted by molar-refractivity contribution is 6.09. The van der Waals surface area contributed by atoms with Crippen LogP contribution in [-0.2, 0) is 16.0 Å². The molecular formula is C31H34N2O4. The van der Waals surface area contributed by atoms with E-state index in [0.717, 1.165) is 56.1 Å².